The van der Waals surface area contributed by atoms with E-state index in [-0.39, 0.29) is 0 Å². The summed E-state index contributed by atoms with van der Waals surface area (Å²) in [4.78, 5) is 0. The molecule has 1 saturated heterocycles. The van der Waals surface area contributed by atoms with Gasteiger partial charge in [-0.3, -0.25) is 0 Å². The van der Waals surface area contributed by atoms with Gasteiger partial charge in [0.2, 0.25) is 0 Å². The number of hydrogen-bond acceptors (Lipinski definition) is 3. The van der Waals surface area contributed by atoms with Gasteiger partial charge in [-0.15, -0.1) is 0 Å². The molecule has 1 aromatic carbocycles. The first-order valence-corrected chi connectivity index (χ1v) is 7.33. The molecule has 0 amide bonds. The van der Waals surface area contributed by atoms with E-state index in [1.807, 2.05) is 12.1 Å². The van der Waals surface area contributed by atoms with Crippen molar-refractivity contribution in [3.63, 3.8) is 0 Å². The van der Waals surface area contributed by atoms with Crippen LogP contribution < -0.4 is 5.32 Å². The molecular formula is C15H20ClNO2. The number of benzene rings is 1. The smallest absolute Gasteiger partial charge is 0.103 e. The van der Waals surface area contributed by atoms with Gasteiger partial charge < -0.3 is 15.2 Å². The minimum atomic E-state index is -0.695. The number of ether oxygens (including phenoxy) is 1. The minimum absolute atomic E-state index is 0.321. The molecule has 2 atom stereocenters. The Balaban J connectivity index is 1.66. The van der Waals surface area contributed by atoms with Crippen LogP contribution in [0.3, 0.4) is 0 Å². The van der Waals surface area contributed by atoms with Crippen LogP contribution >= 0.6 is 11.6 Å². The normalized spacial score (nSPS) is 28.5. The molecule has 104 valence electrons. The molecule has 0 radical (unpaired) electrons. The summed E-state index contributed by atoms with van der Waals surface area (Å²) in [6.45, 7) is 1.70. The molecular weight excluding hydrogens is 262 g/mol. The van der Waals surface area contributed by atoms with Crippen LogP contribution in [-0.2, 0) is 4.74 Å². The first kappa shape index (κ1) is 13.4. The highest BCUT2D eigenvalue weighted by atomic mass is 35.5. The summed E-state index contributed by atoms with van der Waals surface area (Å²) in [6, 6.07) is 8.34. The fourth-order valence-electron chi connectivity index (χ4n) is 2.69. The van der Waals surface area contributed by atoms with Crippen LogP contribution in [0.4, 0.5) is 0 Å². The lowest BCUT2D eigenvalue weighted by atomic mass is 9.99. The fourth-order valence-corrected chi connectivity index (χ4v) is 2.82. The second kappa shape index (κ2) is 5.41. The highest BCUT2D eigenvalue weighted by Crippen LogP contribution is 2.41. The van der Waals surface area contributed by atoms with Gasteiger partial charge in [-0.1, -0.05) is 23.7 Å². The highest BCUT2D eigenvalue weighted by Gasteiger charge is 2.36. The van der Waals surface area contributed by atoms with Crippen LogP contribution in [0.2, 0.25) is 5.02 Å². The standard InChI is InChI=1S/C15H20ClNO2/c16-13-5-3-12(4-6-13)14(11-1-2-11)17-9-15(18)7-8-19-10-15/h3-6,11,14,17-18H,1-2,7-10H2. The maximum atomic E-state index is 10.3. The van der Waals surface area contributed by atoms with Crippen molar-refractivity contribution in [2.45, 2.75) is 30.9 Å². The summed E-state index contributed by atoms with van der Waals surface area (Å²) < 4.78 is 5.28. The third-order valence-corrected chi connectivity index (χ3v) is 4.31. The second-order valence-electron chi connectivity index (χ2n) is 5.77. The topological polar surface area (TPSA) is 41.5 Å². The average Bonchev–Trinajstić information content (AvgIpc) is 3.14. The maximum Gasteiger partial charge on any atom is 0.103 e. The molecule has 0 aromatic heterocycles. The van der Waals surface area contributed by atoms with Gasteiger partial charge in [0.25, 0.3) is 0 Å². The van der Waals surface area contributed by atoms with Crippen LogP contribution in [-0.4, -0.2) is 30.5 Å². The van der Waals surface area contributed by atoms with Gasteiger partial charge in [-0.25, -0.2) is 0 Å². The van der Waals surface area contributed by atoms with Crippen LogP contribution in [0.5, 0.6) is 0 Å². The van der Waals surface area contributed by atoms with Crippen LogP contribution in [0.15, 0.2) is 24.3 Å². The number of rotatable bonds is 5. The Labute approximate surface area is 118 Å². The van der Waals surface area contributed by atoms with Crippen molar-refractivity contribution in [3.8, 4) is 0 Å². The van der Waals surface area contributed by atoms with Crippen molar-refractivity contribution in [2.24, 2.45) is 5.92 Å². The first-order valence-electron chi connectivity index (χ1n) is 6.95. The van der Waals surface area contributed by atoms with E-state index >= 15 is 0 Å². The fraction of sp³-hybridized carbons (Fsp3) is 0.600. The van der Waals surface area contributed by atoms with Gasteiger partial charge in [-0.2, -0.15) is 0 Å². The Morgan fingerprint density at radius 1 is 1.37 bits per heavy atom. The molecule has 2 N–H and O–H groups in total. The van der Waals surface area contributed by atoms with Crippen LogP contribution in [0.25, 0.3) is 0 Å². The zero-order valence-electron chi connectivity index (χ0n) is 10.9. The first-order chi connectivity index (χ1) is 9.16. The molecule has 1 saturated carbocycles. The summed E-state index contributed by atoms with van der Waals surface area (Å²) in [5.74, 6) is 0.687. The molecule has 19 heavy (non-hydrogen) atoms. The van der Waals surface area contributed by atoms with E-state index in [0.29, 0.717) is 31.7 Å². The Kier molecular flexibility index (Phi) is 3.81. The average molecular weight is 282 g/mol. The number of hydrogen-bond donors (Lipinski definition) is 2. The lowest BCUT2D eigenvalue weighted by Crippen LogP contribution is -2.42. The predicted molar refractivity (Wildman–Crippen MR) is 75.3 cm³/mol. The van der Waals surface area contributed by atoms with Crippen molar-refractivity contribution in [3.05, 3.63) is 34.9 Å². The van der Waals surface area contributed by atoms with E-state index in [2.05, 4.69) is 17.4 Å². The molecule has 1 aliphatic carbocycles. The molecule has 2 fully saturated rings. The van der Waals surface area contributed by atoms with E-state index in [9.17, 15) is 5.11 Å². The van der Waals surface area contributed by atoms with Crippen molar-refractivity contribution in [1.29, 1.82) is 0 Å². The van der Waals surface area contributed by atoms with Crippen molar-refractivity contribution >= 4 is 11.6 Å². The van der Waals surface area contributed by atoms with Gasteiger partial charge in [0.05, 0.1) is 6.61 Å². The predicted octanol–water partition coefficient (Wildman–Crippen LogP) is 2.53. The molecule has 2 aliphatic rings. The van der Waals surface area contributed by atoms with Gasteiger partial charge in [0.15, 0.2) is 0 Å². The quantitative estimate of drug-likeness (QED) is 0.871. The molecule has 3 nitrogen and oxygen atoms in total. The molecule has 0 bridgehead atoms. The van der Waals surface area contributed by atoms with Gasteiger partial charge in [-0.05, 0) is 36.5 Å². The molecule has 4 heteroatoms. The molecule has 3 rings (SSSR count). The third-order valence-electron chi connectivity index (χ3n) is 4.06. The lowest BCUT2D eigenvalue weighted by Gasteiger charge is -2.26. The highest BCUT2D eigenvalue weighted by molar-refractivity contribution is 6.30. The largest absolute Gasteiger partial charge is 0.386 e. The Bertz CT molecular complexity index is 424. The molecule has 1 aromatic rings. The van der Waals surface area contributed by atoms with Crippen molar-refractivity contribution in [1.82, 2.24) is 5.32 Å². The monoisotopic (exact) mass is 281 g/mol. The van der Waals surface area contributed by atoms with Crippen molar-refractivity contribution < 1.29 is 9.84 Å². The zero-order valence-corrected chi connectivity index (χ0v) is 11.7. The Hall–Kier alpha value is -0.610. The van der Waals surface area contributed by atoms with Gasteiger partial charge in [0, 0.05) is 30.6 Å². The molecule has 0 spiro atoms. The summed E-state index contributed by atoms with van der Waals surface area (Å²) >= 11 is 5.94. The summed E-state index contributed by atoms with van der Waals surface area (Å²) in [7, 11) is 0. The number of aliphatic hydroxyl groups is 1. The second-order valence-corrected chi connectivity index (χ2v) is 6.21. The molecule has 1 aliphatic heterocycles. The number of halogens is 1. The van der Waals surface area contributed by atoms with Gasteiger partial charge in [0.1, 0.15) is 5.60 Å². The third kappa shape index (κ3) is 3.29. The molecule has 2 unspecified atom stereocenters. The minimum Gasteiger partial charge on any atom is -0.386 e. The zero-order chi connectivity index (χ0) is 13.3. The van der Waals surface area contributed by atoms with E-state index in [4.69, 9.17) is 16.3 Å². The maximum absolute atomic E-state index is 10.3. The van der Waals surface area contributed by atoms with E-state index in [0.717, 1.165) is 11.4 Å². The van der Waals surface area contributed by atoms with Crippen molar-refractivity contribution in [2.75, 3.05) is 19.8 Å². The van der Waals surface area contributed by atoms with E-state index < -0.39 is 5.60 Å². The summed E-state index contributed by atoms with van der Waals surface area (Å²) in [5, 5.41) is 14.6. The summed E-state index contributed by atoms with van der Waals surface area (Å²) in [5.41, 5.74) is 0.564. The Morgan fingerprint density at radius 2 is 2.11 bits per heavy atom. The van der Waals surface area contributed by atoms with E-state index in [1.54, 1.807) is 0 Å². The SMILES string of the molecule is OC1(CNC(c2ccc(Cl)cc2)C2CC2)CCOC1. The molecule has 1 heterocycles. The van der Waals surface area contributed by atoms with Crippen LogP contribution in [0.1, 0.15) is 30.9 Å². The number of nitrogens with one attached hydrogen (secondary N) is 1. The lowest BCUT2D eigenvalue weighted by molar-refractivity contribution is 0.0241. The summed E-state index contributed by atoms with van der Waals surface area (Å²) in [6.07, 6.45) is 3.24. The van der Waals surface area contributed by atoms with Gasteiger partial charge >= 0.3 is 0 Å². The van der Waals surface area contributed by atoms with E-state index in [1.165, 1.54) is 18.4 Å². The van der Waals surface area contributed by atoms with Crippen LogP contribution in [0, 0.1) is 5.92 Å². The Morgan fingerprint density at radius 3 is 2.68 bits per heavy atom.